The molecular formula is C50H38N2S2. The van der Waals surface area contributed by atoms with Gasteiger partial charge in [-0.05, 0) is 134 Å². The standard InChI is InChI=1S/C50H38N2S2/c1-31-23-32(2)26-39(25-31)51(35-13-7-5-8-14-35)37-19-21-43-45(29-37)53-49-47(43)41-17-11-12-18-42(41)48-44-22-20-38(30-46(44)54-50(48)49)52(36-15-9-6-10-16-36)40-27-33(3)24-34(4)28-40/h5-30H,1-4H3. The zero-order chi connectivity index (χ0) is 36.5. The molecular weight excluding hydrogens is 693 g/mol. The highest BCUT2D eigenvalue weighted by Gasteiger charge is 2.21. The molecule has 0 atom stereocenters. The highest BCUT2D eigenvalue weighted by molar-refractivity contribution is 7.33. The lowest BCUT2D eigenvalue weighted by Gasteiger charge is -2.26. The van der Waals surface area contributed by atoms with E-state index in [0.29, 0.717) is 0 Å². The topological polar surface area (TPSA) is 6.48 Å². The van der Waals surface area contributed by atoms with Gasteiger partial charge in [0.15, 0.2) is 0 Å². The molecule has 0 saturated heterocycles. The Balaban J connectivity index is 1.20. The fourth-order valence-corrected chi connectivity index (χ4v) is 11.1. The molecule has 4 heteroatoms. The van der Waals surface area contributed by atoms with Crippen molar-refractivity contribution in [3.05, 3.63) is 180 Å². The number of benzene rings is 8. The van der Waals surface area contributed by atoms with E-state index in [-0.39, 0.29) is 0 Å². The van der Waals surface area contributed by atoms with Gasteiger partial charge in [-0.2, -0.15) is 0 Å². The van der Waals surface area contributed by atoms with Crippen LogP contribution in [0.5, 0.6) is 0 Å². The number of para-hydroxylation sites is 2. The van der Waals surface area contributed by atoms with Gasteiger partial charge >= 0.3 is 0 Å². The van der Waals surface area contributed by atoms with Crippen molar-refractivity contribution in [1.82, 2.24) is 0 Å². The molecule has 2 aromatic heterocycles. The summed E-state index contributed by atoms with van der Waals surface area (Å²) >= 11 is 3.86. The van der Waals surface area contributed by atoms with Crippen molar-refractivity contribution in [1.29, 1.82) is 0 Å². The molecule has 54 heavy (non-hydrogen) atoms. The number of rotatable bonds is 6. The van der Waals surface area contributed by atoms with E-state index >= 15 is 0 Å². The predicted octanol–water partition coefficient (Wildman–Crippen LogP) is 15.7. The first kappa shape index (κ1) is 32.7. The molecule has 10 aromatic rings. The smallest absolute Gasteiger partial charge is 0.0540 e. The minimum absolute atomic E-state index is 1.15. The van der Waals surface area contributed by atoms with Crippen LogP contribution in [0.25, 0.3) is 51.1 Å². The van der Waals surface area contributed by atoms with Gasteiger partial charge in [-0.25, -0.2) is 0 Å². The van der Waals surface area contributed by atoms with Gasteiger partial charge in [-0.3, -0.25) is 0 Å². The molecule has 0 aliphatic heterocycles. The fourth-order valence-electron chi connectivity index (χ4n) is 8.43. The lowest BCUT2D eigenvalue weighted by molar-refractivity contribution is 1.26. The Morgan fingerprint density at radius 3 is 1.07 bits per heavy atom. The van der Waals surface area contributed by atoms with Crippen molar-refractivity contribution in [2.24, 2.45) is 0 Å². The van der Waals surface area contributed by atoms with Crippen molar-refractivity contribution in [2.45, 2.75) is 27.7 Å². The van der Waals surface area contributed by atoms with E-state index in [4.69, 9.17) is 0 Å². The van der Waals surface area contributed by atoms with E-state index in [1.54, 1.807) is 0 Å². The summed E-state index contributed by atoms with van der Waals surface area (Å²) in [6, 6.07) is 58.3. The van der Waals surface area contributed by atoms with Crippen LogP contribution in [0.2, 0.25) is 0 Å². The summed E-state index contributed by atoms with van der Waals surface area (Å²) in [5.74, 6) is 0. The van der Waals surface area contributed by atoms with Gasteiger partial charge in [0, 0.05) is 65.1 Å². The van der Waals surface area contributed by atoms with Crippen LogP contribution in [0.1, 0.15) is 22.3 Å². The third kappa shape index (κ3) is 5.44. The van der Waals surface area contributed by atoms with Gasteiger partial charge in [0.1, 0.15) is 0 Å². The summed E-state index contributed by atoms with van der Waals surface area (Å²) in [4.78, 5) is 4.79. The Hall–Kier alpha value is -5.94. The zero-order valence-electron chi connectivity index (χ0n) is 30.7. The average molecular weight is 731 g/mol. The molecule has 10 rings (SSSR count). The zero-order valence-corrected chi connectivity index (χ0v) is 32.4. The number of thiophene rings is 2. The number of nitrogens with zero attached hydrogens (tertiary/aromatic N) is 2. The second-order valence-electron chi connectivity index (χ2n) is 14.6. The van der Waals surface area contributed by atoms with E-state index in [2.05, 4.69) is 195 Å². The minimum atomic E-state index is 1.15. The number of aryl methyl sites for hydroxylation is 4. The Morgan fingerprint density at radius 1 is 0.315 bits per heavy atom. The Labute approximate surface area is 323 Å². The maximum atomic E-state index is 2.40. The third-order valence-electron chi connectivity index (χ3n) is 10.5. The molecule has 0 aliphatic rings. The molecule has 0 N–H and O–H groups in total. The highest BCUT2D eigenvalue weighted by atomic mass is 32.1. The molecule has 0 unspecified atom stereocenters. The summed E-state index contributed by atoms with van der Waals surface area (Å²) < 4.78 is 5.33. The number of fused-ring (bicyclic) bond motifs is 10. The maximum absolute atomic E-state index is 2.40. The normalized spacial score (nSPS) is 11.7. The largest absolute Gasteiger partial charge is 0.310 e. The molecule has 8 aromatic carbocycles. The molecule has 2 nitrogen and oxygen atoms in total. The van der Waals surface area contributed by atoms with Crippen molar-refractivity contribution in [3.63, 3.8) is 0 Å². The van der Waals surface area contributed by atoms with Gasteiger partial charge < -0.3 is 9.80 Å². The molecule has 2 heterocycles. The first-order valence-electron chi connectivity index (χ1n) is 18.5. The van der Waals surface area contributed by atoms with Crippen LogP contribution in [0.4, 0.5) is 34.1 Å². The van der Waals surface area contributed by atoms with Crippen LogP contribution in [0.15, 0.2) is 158 Å². The lowest BCUT2D eigenvalue weighted by Crippen LogP contribution is -2.10. The SMILES string of the molecule is Cc1cc(C)cc(N(c2ccccc2)c2ccc3c(c2)sc2c4sc5cc(N(c6ccccc6)c6cc(C)cc(C)c6)ccc5c4c4ccccc4c32)c1. The van der Waals surface area contributed by atoms with E-state index in [1.807, 2.05) is 22.7 Å². The molecule has 0 saturated carbocycles. The number of anilines is 6. The predicted molar refractivity (Wildman–Crippen MR) is 238 cm³/mol. The molecule has 0 radical (unpaired) electrons. The first-order chi connectivity index (χ1) is 26.4. The van der Waals surface area contributed by atoms with E-state index in [0.717, 1.165) is 11.4 Å². The Bertz CT molecular complexity index is 2800. The third-order valence-corrected chi connectivity index (χ3v) is 13.0. The molecule has 0 amide bonds. The lowest BCUT2D eigenvalue weighted by atomic mass is 9.98. The summed E-state index contributed by atoms with van der Waals surface area (Å²) in [7, 11) is 0. The quantitative estimate of drug-likeness (QED) is 0.168. The highest BCUT2D eigenvalue weighted by Crippen LogP contribution is 2.51. The van der Waals surface area contributed by atoms with Gasteiger partial charge in [-0.1, -0.05) is 84.9 Å². The Kier molecular flexibility index (Phi) is 7.79. The van der Waals surface area contributed by atoms with Gasteiger partial charge in [0.25, 0.3) is 0 Å². The summed E-state index contributed by atoms with van der Waals surface area (Å²) in [6.07, 6.45) is 0. The van der Waals surface area contributed by atoms with E-state index in [1.165, 1.54) is 96.1 Å². The molecule has 260 valence electrons. The van der Waals surface area contributed by atoms with Gasteiger partial charge in [0.05, 0.1) is 9.40 Å². The second kappa shape index (κ2) is 12.9. The van der Waals surface area contributed by atoms with E-state index < -0.39 is 0 Å². The average Bonchev–Trinajstić information content (AvgIpc) is 3.74. The second-order valence-corrected chi connectivity index (χ2v) is 16.7. The van der Waals surface area contributed by atoms with Crippen LogP contribution in [-0.4, -0.2) is 0 Å². The maximum Gasteiger partial charge on any atom is 0.0540 e. The Morgan fingerprint density at radius 2 is 0.685 bits per heavy atom. The molecule has 0 bridgehead atoms. The summed E-state index contributed by atoms with van der Waals surface area (Å²) in [5, 5.41) is 7.98. The van der Waals surface area contributed by atoms with Crippen molar-refractivity contribution in [2.75, 3.05) is 9.80 Å². The van der Waals surface area contributed by atoms with Crippen molar-refractivity contribution in [3.8, 4) is 0 Å². The first-order valence-corrected chi connectivity index (χ1v) is 20.1. The van der Waals surface area contributed by atoms with Crippen LogP contribution >= 0.6 is 22.7 Å². The number of hydrogen-bond donors (Lipinski definition) is 0. The van der Waals surface area contributed by atoms with Crippen molar-refractivity contribution >= 4 is 108 Å². The van der Waals surface area contributed by atoms with E-state index in [9.17, 15) is 0 Å². The number of hydrogen-bond acceptors (Lipinski definition) is 4. The van der Waals surface area contributed by atoms with Gasteiger partial charge in [0.2, 0.25) is 0 Å². The fraction of sp³-hybridized carbons (Fsp3) is 0.0800. The molecule has 0 aliphatic carbocycles. The monoisotopic (exact) mass is 730 g/mol. The summed E-state index contributed by atoms with van der Waals surface area (Å²) in [5.41, 5.74) is 12.0. The van der Waals surface area contributed by atoms with Crippen LogP contribution < -0.4 is 9.80 Å². The summed E-state index contributed by atoms with van der Waals surface area (Å²) in [6.45, 7) is 8.73. The van der Waals surface area contributed by atoms with Crippen LogP contribution in [0, 0.1) is 27.7 Å². The van der Waals surface area contributed by atoms with Crippen LogP contribution in [0.3, 0.4) is 0 Å². The van der Waals surface area contributed by atoms with Crippen LogP contribution in [-0.2, 0) is 0 Å². The minimum Gasteiger partial charge on any atom is -0.310 e. The molecule has 0 spiro atoms. The van der Waals surface area contributed by atoms with Crippen molar-refractivity contribution < 1.29 is 0 Å². The van der Waals surface area contributed by atoms with Gasteiger partial charge in [-0.15, -0.1) is 22.7 Å². The molecule has 0 fully saturated rings.